The van der Waals surface area contributed by atoms with Gasteiger partial charge >= 0.3 is 5.97 Å². The van der Waals surface area contributed by atoms with Crippen LogP contribution in [0.25, 0.3) is 5.69 Å². The summed E-state index contributed by atoms with van der Waals surface area (Å²) in [4.78, 5) is 37.9. The Morgan fingerprint density at radius 1 is 1.29 bits per heavy atom. The second-order valence-corrected chi connectivity index (χ2v) is 7.77. The maximum absolute atomic E-state index is 13.7. The lowest BCUT2D eigenvalue weighted by atomic mass is 9.68. The van der Waals surface area contributed by atoms with E-state index in [4.69, 9.17) is 15.2 Å². The zero-order chi connectivity index (χ0) is 24.2. The van der Waals surface area contributed by atoms with Gasteiger partial charge in [0.25, 0.3) is 5.69 Å². The molecule has 0 radical (unpaired) electrons. The third kappa shape index (κ3) is 2.73. The molecule has 0 fully saturated rings. The standard InChI is InChI=1S/C23H19N5O6/c1-3-33-21(29)18-19(24)34-20-17(12(2)26-27(20)13-7-5-4-6-8-13)23(18)15-11-14(28(31)32)9-10-16(15)25-22(23)30/h4-11H,3,24H2,1-2H3,(H,25,30). The van der Waals surface area contributed by atoms with E-state index in [1.54, 1.807) is 26.0 Å². The Kier molecular flexibility index (Phi) is 4.64. The van der Waals surface area contributed by atoms with Gasteiger partial charge in [-0.1, -0.05) is 18.2 Å². The summed E-state index contributed by atoms with van der Waals surface area (Å²) < 4.78 is 12.6. The molecule has 0 bridgehead atoms. The summed E-state index contributed by atoms with van der Waals surface area (Å²) in [6, 6.07) is 13.0. The number of fused-ring (bicyclic) bond motifs is 4. The largest absolute Gasteiger partial charge is 0.462 e. The zero-order valence-electron chi connectivity index (χ0n) is 18.2. The monoisotopic (exact) mass is 461 g/mol. The second kappa shape index (κ2) is 7.44. The number of amides is 1. The first kappa shape index (κ1) is 21.2. The maximum atomic E-state index is 13.7. The number of nitro benzene ring substituents is 1. The first-order valence-electron chi connectivity index (χ1n) is 10.4. The molecule has 2 aliphatic rings. The van der Waals surface area contributed by atoms with Gasteiger partial charge in [0.05, 0.1) is 28.5 Å². The number of non-ortho nitro benzene ring substituents is 1. The van der Waals surface area contributed by atoms with E-state index in [0.29, 0.717) is 17.1 Å². The minimum atomic E-state index is -1.86. The number of aromatic nitrogens is 2. The summed E-state index contributed by atoms with van der Waals surface area (Å²) in [5.74, 6) is -1.71. The molecule has 0 saturated carbocycles. The average Bonchev–Trinajstić information content (AvgIpc) is 3.28. The van der Waals surface area contributed by atoms with Crippen LogP contribution in [0.15, 0.2) is 60.0 Å². The van der Waals surface area contributed by atoms with E-state index >= 15 is 0 Å². The van der Waals surface area contributed by atoms with Gasteiger partial charge in [0.1, 0.15) is 11.0 Å². The quantitative estimate of drug-likeness (QED) is 0.341. The molecule has 34 heavy (non-hydrogen) atoms. The van der Waals surface area contributed by atoms with Crippen LogP contribution < -0.4 is 15.8 Å². The lowest BCUT2D eigenvalue weighted by molar-refractivity contribution is -0.384. The molecule has 3 heterocycles. The van der Waals surface area contributed by atoms with Crippen molar-refractivity contribution in [2.24, 2.45) is 5.73 Å². The molecular weight excluding hydrogens is 442 g/mol. The van der Waals surface area contributed by atoms with Crippen molar-refractivity contribution >= 4 is 23.3 Å². The van der Waals surface area contributed by atoms with Crippen LogP contribution in [0, 0.1) is 17.0 Å². The van der Waals surface area contributed by atoms with Crippen molar-refractivity contribution in [1.29, 1.82) is 0 Å². The lowest BCUT2D eigenvalue weighted by Crippen LogP contribution is -2.46. The van der Waals surface area contributed by atoms with E-state index < -0.39 is 22.2 Å². The van der Waals surface area contributed by atoms with Crippen LogP contribution in [0.4, 0.5) is 11.4 Å². The topological polar surface area (TPSA) is 152 Å². The second-order valence-electron chi connectivity index (χ2n) is 7.77. The normalized spacial score (nSPS) is 18.2. The molecule has 1 atom stereocenters. The van der Waals surface area contributed by atoms with Crippen molar-refractivity contribution in [3.63, 3.8) is 0 Å². The molecule has 11 nitrogen and oxygen atoms in total. The molecule has 0 aliphatic carbocycles. The predicted octanol–water partition coefficient (Wildman–Crippen LogP) is 2.45. The summed E-state index contributed by atoms with van der Waals surface area (Å²) in [5, 5.41) is 18.9. The lowest BCUT2D eigenvalue weighted by Gasteiger charge is -2.34. The summed E-state index contributed by atoms with van der Waals surface area (Å²) in [7, 11) is 0. The number of carbonyl (C=O) groups excluding carboxylic acids is 2. The van der Waals surface area contributed by atoms with Gasteiger partial charge in [0, 0.05) is 23.4 Å². The van der Waals surface area contributed by atoms with E-state index in [-0.39, 0.29) is 40.8 Å². The molecular formula is C23H19N5O6. The van der Waals surface area contributed by atoms with E-state index in [1.165, 1.54) is 22.9 Å². The van der Waals surface area contributed by atoms with Crippen molar-refractivity contribution in [2.75, 3.05) is 11.9 Å². The third-order valence-corrected chi connectivity index (χ3v) is 5.91. The van der Waals surface area contributed by atoms with Crippen LogP contribution >= 0.6 is 0 Å². The minimum Gasteiger partial charge on any atom is -0.462 e. The Balaban J connectivity index is 1.89. The molecule has 5 rings (SSSR count). The van der Waals surface area contributed by atoms with Crippen molar-refractivity contribution < 1.29 is 24.0 Å². The highest BCUT2D eigenvalue weighted by Crippen LogP contribution is 2.55. The fourth-order valence-corrected chi connectivity index (χ4v) is 4.60. The number of nitrogens with one attached hydrogen (secondary N) is 1. The summed E-state index contributed by atoms with van der Waals surface area (Å²) in [5.41, 5.74) is 5.65. The van der Waals surface area contributed by atoms with Gasteiger partial charge < -0.3 is 20.5 Å². The number of anilines is 1. The molecule has 1 aromatic heterocycles. The van der Waals surface area contributed by atoms with Gasteiger partial charge in [-0.05, 0) is 32.0 Å². The molecule has 1 unspecified atom stereocenters. The molecule has 2 aromatic carbocycles. The molecule has 1 amide bonds. The Labute approximate surface area is 192 Å². The van der Waals surface area contributed by atoms with Crippen LogP contribution in [0.2, 0.25) is 0 Å². The Morgan fingerprint density at radius 2 is 2.03 bits per heavy atom. The number of rotatable bonds is 4. The number of hydrogen-bond acceptors (Lipinski definition) is 8. The number of nitrogens with two attached hydrogens (primary N) is 1. The van der Waals surface area contributed by atoms with Crippen LogP contribution in [-0.2, 0) is 19.7 Å². The van der Waals surface area contributed by atoms with Crippen molar-refractivity contribution in [3.05, 3.63) is 86.9 Å². The maximum Gasteiger partial charge on any atom is 0.341 e. The fraction of sp³-hybridized carbons (Fsp3) is 0.174. The highest BCUT2D eigenvalue weighted by Gasteiger charge is 2.61. The molecule has 2 aliphatic heterocycles. The first-order chi connectivity index (χ1) is 16.3. The molecule has 3 N–H and O–H groups in total. The van der Waals surface area contributed by atoms with Gasteiger partial charge in [0.2, 0.25) is 17.7 Å². The highest BCUT2D eigenvalue weighted by molar-refractivity contribution is 6.17. The summed E-state index contributed by atoms with van der Waals surface area (Å²) in [6.07, 6.45) is 0. The Hall–Kier alpha value is -4.67. The van der Waals surface area contributed by atoms with Gasteiger partial charge in [-0.25, -0.2) is 9.48 Å². The van der Waals surface area contributed by atoms with Crippen LogP contribution in [0.1, 0.15) is 23.7 Å². The molecule has 172 valence electrons. The number of ether oxygens (including phenoxy) is 2. The molecule has 1 spiro atoms. The van der Waals surface area contributed by atoms with Gasteiger partial charge in [0.15, 0.2) is 0 Å². The molecule has 11 heteroatoms. The van der Waals surface area contributed by atoms with E-state index in [2.05, 4.69) is 10.4 Å². The number of esters is 1. The van der Waals surface area contributed by atoms with Gasteiger partial charge in [-0.2, -0.15) is 5.10 Å². The predicted molar refractivity (Wildman–Crippen MR) is 119 cm³/mol. The summed E-state index contributed by atoms with van der Waals surface area (Å²) in [6.45, 7) is 3.29. The van der Waals surface area contributed by atoms with E-state index in [1.807, 2.05) is 18.2 Å². The number of carbonyl (C=O) groups is 2. The Bertz CT molecular complexity index is 1410. The van der Waals surface area contributed by atoms with Crippen molar-refractivity contribution in [3.8, 4) is 11.6 Å². The van der Waals surface area contributed by atoms with E-state index in [0.717, 1.165) is 0 Å². The van der Waals surface area contributed by atoms with Gasteiger partial charge in [-0.15, -0.1) is 0 Å². The molecule has 3 aromatic rings. The Morgan fingerprint density at radius 3 is 2.71 bits per heavy atom. The van der Waals surface area contributed by atoms with E-state index in [9.17, 15) is 19.7 Å². The molecule has 0 saturated heterocycles. The number of nitro groups is 1. The number of nitrogens with zero attached hydrogens (tertiary/aromatic N) is 3. The average molecular weight is 461 g/mol. The third-order valence-electron chi connectivity index (χ3n) is 5.91. The fourth-order valence-electron chi connectivity index (χ4n) is 4.60. The SMILES string of the molecule is CCOC(=O)C1=C(N)Oc2c(c(C)nn2-c2ccccc2)C12C(=O)Nc1ccc([N+](=O)[O-])cc12. The van der Waals surface area contributed by atoms with Crippen molar-refractivity contribution in [2.45, 2.75) is 19.3 Å². The number of benzene rings is 2. The van der Waals surface area contributed by atoms with Crippen LogP contribution in [0.3, 0.4) is 0 Å². The highest BCUT2D eigenvalue weighted by atomic mass is 16.6. The summed E-state index contributed by atoms with van der Waals surface area (Å²) >= 11 is 0. The minimum absolute atomic E-state index is 0.0181. The van der Waals surface area contributed by atoms with Gasteiger partial charge in [-0.3, -0.25) is 14.9 Å². The van der Waals surface area contributed by atoms with Crippen LogP contribution in [0.5, 0.6) is 5.88 Å². The first-order valence-corrected chi connectivity index (χ1v) is 10.4. The van der Waals surface area contributed by atoms with Crippen molar-refractivity contribution in [1.82, 2.24) is 9.78 Å². The smallest absolute Gasteiger partial charge is 0.341 e. The number of hydrogen-bond donors (Lipinski definition) is 2. The zero-order valence-corrected chi connectivity index (χ0v) is 18.2. The van der Waals surface area contributed by atoms with Crippen LogP contribution in [-0.4, -0.2) is 33.2 Å². The number of aryl methyl sites for hydroxylation is 1. The number of para-hydroxylation sites is 1.